The van der Waals surface area contributed by atoms with E-state index in [-0.39, 0.29) is 13.2 Å². The third-order valence-electron chi connectivity index (χ3n) is 7.14. The van der Waals surface area contributed by atoms with Gasteiger partial charge in [-0.15, -0.1) is 0 Å². The predicted octanol–water partition coefficient (Wildman–Crippen LogP) is -6.41. The molecule has 0 saturated carbocycles. The molecule has 16 atom stereocenters. The largest absolute Gasteiger partial charge is 0.388 e. The molecule has 0 radical (unpaired) electrons. The lowest BCUT2D eigenvalue weighted by Crippen LogP contribution is -2.62. The van der Waals surface area contributed by atoms with Crippen LogP contribution in [0.2, 0.25) is 0 Å². The van der Waals surface area contributed by atoms with Crippen molar-refractivity contribution in [3.05, 3.63) is 0 Å². The van der Waals surface area contributed by atoms with Gasteiger partial charge < -0.3 is 84.2 Å². The van der Waals surface area contributed by atoms with E-state index in [9.17, 15) is 51.1 Å². The van der Waals surface area contributed by atoms with Crippen LogP contribution in [0.4, 0.5) is 0 Å². The zero-order valence-corrected chi connectivity index (χ0v) is 21.2. The normalized spacial score (nSPS) is 51.7. The molecule has 228 valence electrons. The van der Waals surface area contributed by atoms with Gasteiger partial charge in [0.1, 0.15) is 73.2 Å². The molecule has 4 aliphatic rings. The number of ether oxygens (including phenoxy) is 7. The number of rotatable bonds is 7. The van der Waals surface area contributed by atoms with Crippen molar-refractivity contribution in [2.24, 2.45) is 0 Å². The molecule has 10 N–H and O–H groups in total. The van der Waals surface area contributed by atoms with Crippen LogP contribution in [0.3, 0.4) is 0 Å². The van der Waals surface area contributed by atoms with Gasteiger partial charge in [0, 0.05) is 0 Å². The van der Waals surface area contributed by atoms with Gasteiger partial charge in [0.2, 0.25) is 0 Å². The SMILES string of the molecule is CC(C)(O)C1OC(OC2C(OC3OCC(O)C(O)C3O)COC(OC3COC(O)C(O)C3O)C2O)C(O)C1O. The van der Waals surface area contributed by atoms with E-state index in [1.165, 1.54) is 13.8 Å². The molecule has 39 heavy (non-hydrogen) atoms. The van der Waals surface area contributed by atoms with E-state index < -0.39 is 111 Å². The Hall–Kier alpha value is -0.680. The Bertz CT molecular complexity index is 797. The Labute approximate surface area is 222 Å². The van der Waals surface area contributed by atoms with Crippen LogP contribution in [-0.4, -0.2) is 175 Å². The first kappa shape index (κ1) is 31.3. The average molecular weight is 575 g/mol. The molecule has 4 aliphatic heterocycles. The molecule has 17 nitrogen and oxygen atoms in total. The van der Waals surface area contributed by atoms with Gasteiger partial charge in [-0.3, -0.25) is 0 Å². The molecule has 4 saturated heterocycles. The summed E-state index contributed by atoms with van der Waals surface area (Å²) in [6.45, 7) is 1.53. The number of aliphatic hydroxyl groups excluding tert-OH is 9. The summed E-state index contributed by atoms with van der Waals surface area (Å²) in [6, 6.07) is 0. The van der Waals surface area contributed by atoms with Gasteiger partial charge >= 0.3 is 0 Å². The molecule has 4 heterocycles. The van der Waals surface area contributed by atoms with Gasteiger partial charge in [0.15, 0.2) is 25.2 Å². The second-order valence-corrected chi connectivity index (χ2v) is 10.7. The second kappa shape index (κ2) is 12.3. The highest BCUT2D eigenvalue weighted by Crippen LogP contribution is 2.34. The van der Waals surface area contributed by atoms with Gasteiger partial charge in [0.05, 0.1) is 25.4 Å². The van der Waals surface area contributed by atoms with Gasteiger partial charge in [-0.2, -0.15) is 0 Å². The van der Waals surface area contributed by atoms with Gasteiger partial charge in [-0.05, 0) is 13.8 Å². The summed E-state index contributed by atoms with van der Waals surface area (Å²) in [4.78, 5) is 0. The minimum atomic E-state index is -1.76. The van der Waals surface area contributed by atoms with Gasteiger partial charge in [-0.1, -0.05) is 0 Å². The fourth-order valence-electron chi connectivity index (χ4n) is 4.80. The van der Waals surface area contributed by atoms with Crippen LogP contribution < -0.4 is 0 Å². The summed E-state index contributed by atoms with van der Waals surface area (Å²) < 4.78 is 38.3. The first-order valence-corrected chi connectivity index (χ1v) is 12.5. The fraction of sp³-hybridized carbons (Fsp3) is 1.00. The maximum atomic E-state index is 11.1. The van der Waals surface area contributed by atoms with Crippen molar-refractivity contribution >= 4 is 0 Å². The Morgan fingerprint density at radius 2 is 1.13 bits per heavy atom. The Kier molecular flexibility index (Phi) is 9.84. The Morgan fingerprint density at radius 1 is 0.564 bits per heavy atom. The van der Waals surface area contributed by atoms with Crippen LogP contribution in [0.15, 0.2) is 0 Å². The molecule has 4 fully saturated rings. The fourth-order valence-corrected chi connectivity index (χ4v) is 4.80. The van der Waals surface area contributed by atoms with Crippen molar-refractivity contribution in [2.45, 2.75) is 118 Å². The predicted molar refractivity (Wildman–Crippen MR) is 119 cm³/mol. The quantitative estimate of drug-likeness (QED) is 0.135. The third kappa shape index (κ3) is 6.55. The van der Waals surface area contributed by atoms with Crippen LogP contribution in [0, 0.1) is 0 Å². The Balaban J connectivity index is 1.51. The number of hydrogen-bond donors (Lipinski definition) is 10. The molecular weight excluding hydrogens is 536 g/mol. The summed E-state index contributed by atoms with van der Waals surface area (Å²) in [5.74, 6) is 0. The van der Waals surface area contributed by atoms with Crippen molar-refractivity contribution < 1.29 is 84.2 Å². The van der Waals surface area contributed by atoms with E-state index in [4.69, 9.17) is 33.2 Å². The van der Waals surface area contributed by atoms with Crippen molar-refractivity contribution in [3.63, 3.8) is 0 Å². The molecule has 0 aromatic heterocycles. The van der Waals surface area contributed by atoms with Crippen LogP contribution in [0.5, 0.6) is 0 Å². The Morgan fingerprint density at radius 3 is 1.77 bits per heavy atom. The molecule has 0 aromatic rings. The highest BCUT2D eigenvalue weighted by Gasteiger charge is 2.54. The first-order chi connectivity index (χ1) is 18.2. The van der Waals surface area contributed by atoms with E-state index in [1.54, 1.807) is 0 Å². The lowest BCUT2D eigenvalue weighted by Gasteiger charge is -2.45. The third-order valence-corrected chi connectivity index (χ3v) is 7.14. The maximum absolute atomic E-state index is 11.1. The monoisotopic (exact) mass is 574 g/mol. The van der Waals surface area contributed by atoms with Crippen molar-refractivity contribution in [1.29, 1.82) is 0 Å². The van der Waals surface area contributed by atoms with E-state index in [2.05, 4.69) is 0 Å². The van der Waals surface area contributed by atoms with E-state index in [1.807, 2.05) is 0 Å². The summed E-state index contributed by atoms with van der Waals surface area (Å²) in [5, 5.41) is 102. The molecule has 0 aliphatic carbocycles. The van der Waals surface area contributed by atoms with Crippen LogP contribution in [0.25, 0.3) is 0 Å². The topological polar surface area (TPSA) is 267 Å². The second-order valence-electron chi connectivity index (χ2n) is 10.7. The number of aliphatic hydroxyl groups is 10. The molecule has 0 spiro atoms. The summed E-state index contributed by atoms with van der Waals surface area (Å²) in [5.41, 5.74) is -1.59. The van der Waals surface area contributed by atoms with Crippen LogP contribution >= 0.6 is 0 Å². The lowest BCUT2D eigenvalue weighted by atomic mass is 9.96. The van der Waals surface area contributed by atoms with Crippen molar-refractivity contribution in [2.75, 3.05) is 19.8 Å². The van der Waals surface area contributed by atoms with Crippen LogP contribution in [0.1, 0.15) is 13.8 Å². The zero-order valence-electron chi connectivity index (χ0n) is 21.2. The highest BCUT2D eigenvalue weighted by atomic mass is 16.8. The molecule has 16 unspecified atom stereocenters. The molecule has 17 heteroatoms. The number of hydrogen-bond acceptors (Lipinski definition) is 17. The summed E-state index contributed by atoms with van der Waals surface area (Å²) >= 11 is 0. The molecular formula is C22H38O17. The smallest absolute Gasteiger partial charge is 0.187 e. The minimum absolute atomic E-state index is 0.371. The standard InChI is InChI=1S/C22H38O17/c1-22(2,32)17-11(26)14(29)21(39-17)38-16-8(37-19-13(28)9(24)6(23)3-34-19)5-35-20(15(16)30)36-7-4-33-18(31)12(27)10(7)25/h6-21,23-32H,3-5H2,1-2H3. The van der Waals surface area contributed by atoms with Crippen LogP contribution in [-0.2, 0) is 33.2 Å². The lowest BCUT2D eigenvalue weighted by molar-refractivity contribution is -0.362. The van der Waals surface area contributed by atoms with E-state index in [0.29, 0.717) is 0 Å². The van der Waals surface area contributed by atoms with Crippen molar-refractivity contribution in [1.82, 2.24) is 0 Å². The van der Waals surface area contributed by atoms with Gasteiger partial charge in [-0.25, -0.2) is 0 Å². The van der Waals surface area contributed by atoms with E-state index in [0.717, 1.165) is 0 Å². The average Bonchev–Trinajstić information content (AvgIpc) is 3.17. The summed E-state index contributed by atoms with van der Waals surface area (Å²) in [7, 11) is 0. The molecule has 0 bridgehead atoms. The first-order valence-electron chi connectivity index (χ1n) is 12.5. The molecule has 0 aromatic carbocycles. The van der Waals surface area contributed by atoms with Crippen molar-refractivity contribution in [3.8, 4) is 0 Å². The van der Waals surface area contributed by atoms with E-state index >= 15 is 0 Å². The minimum Gasteiger partial charge on any atom is -0.388 e. The highest BCUT2D eigenvalue weighted by molar-refractivity contribution is 4.97. The molecule has 0 amide bonds. The molecule has 4 rings (SSSR count). The van der Waals surface area contributed by atoms with Gasteiger partial charge in [0.25, 0.3) is 0 Å². The maximum Gasteiger partial charge on any atom is 0.187 e. The zero-order chi connectivity index (χ0) is 28.8. The summed E-state index contributed by atoms with van der Waals surface area (Å²) in [6.07, 6.45) is -24.6.